The smallest absolute Gasteiger partial charge is 0.356 e. The quantitative estimate of drug-likeness (QED) is 0.506. The molecule has 2 aromatic heterocycles. The van der Waals surface area contributed by atoms with Crippen molar-refractivity contribution in [3.8, 4) is 0 Å². The number of amides is 1. The van der Waals surface area contributed by atoms with Crippen molar-refractivity contribution in [2.24, 2.45) is 0 Å². The Morgan fingerprint density at radius 1 is 1.13 bits per heavy atom. The number of carbonyl (C=O) groups excluding carboxylic acids is 2. The van der Waals surface area contributed by atoms with Crippen LogP contribution in [0.3, 0.4) is 0 Å². The minimum Gasteiger partial charge on any atom is -0.464 e. The summed E-state index contributed by atoms with van der Waals surface area (Å²) in [6.45, 7) is 2.41. The highest BCUT2D eigenvalue weighted by Gasteiger charge is 2.34. The lowest BCUT2D eigenvalue weighted by Crippen LogP contribution is -2.43. The maximum Gasteiger partial charge on any atom is 0.356 e. The lowest BCUT2D eigenvalue weighted by atomic mass is 10.0. The van der Waals surface area contributed by atoms with Gasteiger partial charge in [0.15, 0.2) is 0 Å². The van der Waals surface area contributed by atoms with Crippen molar-refractivity contribution in [3.05, 3.63) is 71.5 Å². The summed E-state index contributed by atoms with van der Waals surface area (Å²) in [6.07, 6.45) is -0.530. The number of rotatable bonds is 3. The fraction of sp³-hybridized carbons (Fsp3) is 0.174. The largest absolute Gasteiger partial charge is 0.464 e. The molecule has 30 heavy (non-hydrogen) atoms. The second-order valence-electron chi connectivity index (χ2n) is 7.16. The minimum absolute atomic E-state index is 0.0774. The average Bonchev–Trinajstić information content (AvgIpc) is 3.16. The summed E-state index contributed by atoms with van der Waals surface area (Å²) in [5.41, 5.74) is 3.86. The third kappa shape index (κ3) is 2.62. The van der Waals surface area contributed by atoms with E-state index in [1.807, 2.05) is 49.4 Å². The van der Waals surface area contributed by atoms with Gasteiger partial charge >= 0.3 is 5.97 Å². The first-order chi connectivity index (χ1) is 14.6. The molecular formula is C23H20N4O3. The second-order valence-corrected chi connectivity index (χ2v) is 7.16. The molecule has 1 aliphatic rings. The summed E-state index contributed by atoms with van der Waals surface area (Å²) in [7, 11) is 1.33. The van der Waals surface area contributed by atoms with Crippen LogP contribution in [0.5, 0.6) is 0 Å². The highest BCUT2D eigenvalue weighted by atomic mass is 16.5. The minimum atomic E-state index is -0.530. The number of esters is 1. The number of anilines is 1. The molecule has 0 spiro atoms. The molecule has 0 radical (unpaired) electrons. The van der Waals surface area contributed by atoms with Gasteiger partial charge in [-0.2, -0.15) is 0 Å². The van der Waals surface area contributed by atoms with Crippen molar-refractivity contribution in [2.45, 2.75) is 13.1 Å². The van der Waals surface area contributed by atoms with Gasteiger partial charge in [-0.05, 0) is 31.2 Å². The topological polar surface area (TPSA) is 87.3 Å². The van der Waals surface area contributed by atoms with Crippen molar-refractivity contribution in [3.63, 3.8) is 0 Å². The van der Waals surface area contributed by atoms with E-state index in [4.69, 9.17) is 4.74 Å². The van der Waals surface area contributed by atoms with E-state index in [9.17, 15) is 9.59 Å². The van der Waals surface area contributed by atoms with E-state index < -0.39 is 12.1 Å². The van der Waals surface area contributed by atoms with Crippen LogP contribution in [0.15, 0.2) is 54.6 Å². The Labute approximate surface area is 172 Å². The number of para-hydroxylation sites is 2. The molecule has 1 atom stereocenters. The fourth-order valence-electron chi connectivity index (χ4n) is 4.11. The molecule has 0 bridgehead atoms. The molecule has 7 nitrogen and oxygen atoms in total. The van der Waals surface area contributed by atoms with Crippen molar-refractivity contribution in [2.75, 3.05) is 19.0 Å². The van der Waals surface area contributed by atoms with Crippen LogP contribution in [0, 0.1) is 0 Å². The highest BCUT2D eigenvalue weighted by Crippen LogP contribution is 2.37. The summed E-state index contributed by atoms with van der Waals surface area (Å²) < 4.78 is 4.93. The number of fused-ring (bicyclic) bond motifs is 4. The Bertz CT molecular complexity index is 1310. The summed E-state index contributed by atoms with van der Waals surface area (Å²) in [4.78, 5) is 35.3. The van der Waals surface area contributed by atoms with Gasteiger partial charge in [-0.25, -0.2) is 9.78 Å². The first-order valence-corrected chi connectivity index (χ1v) is 9.78. The van der Waals surface area contributed by atoms with Gasteiger partial charge in [-0.3, -0.25) is 4.79 Å². The zero-order valence-electron chi connectivity index (χ0n) is 16.6. The Kier molecular flexibility index (Phi) is 4.17. The number of aromatic nitrogens is 2. The molecule has 0 fully saturated rings. The number of H-pyrrole nitrogens is 1. The first kappa shape index (κ1) is 18.2. The molecule has 0 aliphatic carbocycles. The van der Waals surface area contributed by atoms with Crippen LogP contribution < -0.4 is 5.32 Å². The molecule has 0 saturated heterocycles. The predicted molar refractivity (Wildman–Crippen MR) is 114 cm³/mol. The van der Waals surface area contributed by atoms with Crippen LogP contribution in [-0.2, 0) is 4.74 Å². The molecule has 2 aromatic carbocycles. The average molecular weight is 400 g/mol. The van der Waals surface area contributed by atoms with Gasteiger partial charge in [0, 0.05) is 28.5 Å². The van der Waals surface area contributed by atoms with Crippen LogP contribution in [0.25, 0.3) is 21.8 Å². The van der Waals surface area contributed by atoms with Crippen molar-refractivity contribution in [1.82, 2.24) is 14.9 Å². The molecule has 0 saturated carbocycles. The molecular weight excluding hydrogens is 380 g/mol. The molecule has 5 rings (SSSR count). The van der Waals surface area contributed by atoms with E-state index in [1.54, 1.807) is 17.0 Å². The maximum absolute atomic E-state index is 13.2. The van der Waals surface area contributed by atoms with Gasteiger partial charge in [0.2, 0.25) is 0 Å². The summed E-state index contributed by atoms with van der Waals surface area (Å²) >= 11 is 0. The highest BCUT2D eigenvalue weighted by molar-refractivity contribution is 6.10. The second kappa shape index (κ2) is 6.88. The predicted octanol–water partition coefficient (Wildman–Crippen LogP) is 4.09. The normalized spacial score (nSPS) is 15.9. The van der Waals surface area contributed by atoms with E-state index >= 15 is 0 Å². The number of nitrogens with one attached hydrogen (secondary N) is 2. The third-order valence-corrected chi connectivity index (χ3v) is 5.54. The number of nitrogens with zero attached hydrogens (tertiary/aromatic N) is 2. The number of aromatic amines is 1. The van der Waals surface area contributed by atoms with Crippen LogP contribution in [0.1, 0.15) is 39.6 Å². The molecule has 7 heteroatoms. The zero-order chi connectivity index (χ0) is 20.8. The van der Waals surface area contributed by atoms with Crippen LogP contribution in [0.2, 0.25) is 0 Å². The Balaban J connectivity index is 1.79. The Morgan fingerprint density at radius 2 is 1.90 bits per heavy atom. The SMILES string of the molecule is CCN1C(=O)c2ccccc2NC1c1nc(C(=O)OC)cc2c1[nH]c1ccccc12. The van der Waals surface area contributed by atoms with Crippen molar-refractivity contribution >= 4 is 39.4 Å². The molecule has 1 amide bonds. The van der Waals surface area contributed by atoms with E-state index in [2.05, 4.69) is 15.3 Å². The molecule has 150 valence electrons. The van der Waals surface area contributed by atoms with E-state index in [0.717, 1.165) is 27.5 Å². The number of pyridine rings is 1. The Hall–Kier alpha value is -3.87. The van der Waals surface area contributed by atoms with Gasteiger partial charge in [0.05, 0.1) is 18.2 Å². The monoisotopic (exact) mass is 400 g/mol. The molecule has 1 unspecified atom stereocenters. The third-order valence-electron chi connectivity index (χ3n) is 5.54. The number of hydrogen-bond donors (Lipinski definition) is 2. The molecule has 4 aromatic rings. The zero-order valence-corrected chi connectivity index (χ0v) is 16.6. The Morgan fingerprint density at radius 3 is 2.70 bits per heavy atom. The van der Waals surface area contributed by atoms with Gasteiger partial charge in [0.1, 0.15) is 17.6 Å². The number of hydrogen-bond acceptors (Lipinski definition) is 5. The number of benzene rings is 2. The number of ether oxygens (including phenoxy) is 1. The van der Waals surface area contributed by atoms with Crippen LogP contribution in [0.4, 0.5) is 5.69 Å². The van der Waals surface area contributed by atoms with E-state index in [1.165, 1.54) is 7.11 Å². The molecule has 3 heterocycles. The van der Waals surface area contributed by atoms with Crippen molar-refractivity contribution < 1.29 is 14.3 Å². The van der Waals surface area contributed by atoms with Gasteiger partial charge in [0.25, 0.3) is 5.91 Å². The van der Waals surface area contributed by atoms with Crippen LogP contribution in [-0.4, -0.2) is 40.4 Å². The van der Waals surface area contributed by atoms with Gasteiger partial charge < -0.3 is 19.9 Å². The number of methoxy groups -OCH3 is 1. The lowest BCUT2D eigenvalue weighted by molar-refractivity contribution is 0.0593. The molecule has 2 N–H and O–H groups in total. The lowest BCUT2D eigenvalue weighted by Gasteiger charge is -2.37. The van der Waals surface area contributed by atoms with Gasteiger partial charge in [-0.1, -0.05) is 30.3 Å². The van der Waals surface area contributed by atoms with Crippen molar-refractivity contribution in [1.29, 1.82) is 0 Å². The standard InChI is InChI=1S/C23H20N4O3/c1-3-27-21(26-17-11-7-5-9-14(17)22(27)28)20-19-15(12-18(25-20)23(29)30-2)13-8-4-6-10-16(13)24-19/h4-12,21,24,26H,3H2,1-2H3. The summed E-state index contributed by atoms with van der Waals surface area (Å²) in [5.74, 6) is -0.597. The fourth-order valence-corrected chi connectivity index (χ4v) is 4.11. The maximum atomic E-state index is 13.2. The first-order valence-electron chi connectivity index (χ1n) is 9.78. The van der Waals surface area contributed by atoms with E-state index in [0.29, 0.717) is 17.8 Å². The molecule has 1 aliphatic heterocycles. The van der Waals surface area contributed by atoms with E-state index in [-0.39, 0.29) is 11.6 Å². The summed E-state index contributed by atoms with van der Waals surface area (Å²) in [5, 5.41) is 5.28. The number of carbonyl (C=O) groups is 2. The van der Waals surface area contributed by atoms with Gasteiger partial charge in [-0.15, -0.1) is 0 Å². The van der Waals surface area contributed by atoms with Crippen LogP contribution >= 0.6 is 0 Å². The summed E-state index contributed by atoms with van der Waals surface area (Å²) in [6, 6.07) is 17.0.